The van der Waals surface area contributed by atoms with Crippen LogP contribution in [0.2, 0.25) is 0 Å². The average Bonchev–Trinajstić information content (AvgIpc) is 2.70. The van der Waals surface area contributed by atoms with Crippen LogP contribution >= 0.6 is 0 Å². The highest BCUT2D eigenvalue weighted by atomic mass is 16.5. The van der Waals surface area contributed by atoms with Crippen LogP contribution in [0.25, 0.3) is 0 Å². The summed E-state index contributed by atoms with van der Waals surface area (Å²) in [4.78, 5) is 16.2. The van der Waals surface area contributed by atoms with Gasteiger partial charge in [0.2, 0.25) is 5.91 Å². The van der Waals surface area contributed by atoms with Gasteiger partial charge in [-0.1, -0.05) is 36.4 Å². The molecule has 1 unspecified atom stereocenters. The number of carbonyl (C=O) groups is 1. The van der Waals surface area contributed by atoms with Gasteiger partial charge in [-0.2, -0.15) is 0 Å². The minimum Gasteiger partial charge on any atom is -0.496 e. The summed E-state index contributed by atoms with van der Waals surface area (Å²) in [5.74, 6) is 1.81. The highest BCUT2D eigenvalue weighted by Gasteiger charge is 2.24. The lowest BCUT2D eigenvalue weighted by Gasteiger charge is -2.26. The second kappa shape index (κ2) is 9.07. The highest BCUT2D eigenvalue weighted by molar-refractivity contribution is 5.94. The maximum Gasteiger partial charge on any atom is 0.225 e. The summed E-state index contributed by atoms with van der Waals surface area (Å²) in [7, 11) is 3.44. The Labute approximate surface area is 160 Å². The van der Waals surface area contributed by atoms with Crippen molar-refractivity contribution in [2.24, 2.45) is 4.99 Å². The van der Waals surface area contributed by atoms with E-state index < -0.39 is 0 Å². The lowest BCUT2D eigenvalue weighted by molar-refractivity contribution is -0.116. The number of hydrogen-bond donors (Lipinski definition) is 3. The molecule has 1 heterocycles. The van der Waals surface area contributed by atoms with Gasteiger partial charge in [-0.25, -0.2) is 0 Å². The largest absolute Gasteiger partial charge is 0.496 e. The Morgan fingerprint density at radius 2 is 1.96 bits per heavy atom. The molecule has 27 heavy (non-hydrogen) atoms. The Balaban J connectivity index is 1.53. The van der Waals surface area contributed by atoms with E-state index in [1.54, 1.807) is 14.2 Å². The van der Waals surface area contributed by atoms with Crippen molar-refractivity contribution < 1.29 is 9.53 Å². The van der Waals surface area contributed by atoms with E-state index in [1.165, 1.54) is 0 Å². The summed E-state index contributed by atoms with van der Waals surface area (Å²) < 4.78 is 5.39. The predicted molar refractivity (Wildman–Crippen MR) is 108 cm³/mol. The third-order valence-electron chi connectivity index (χ3n) is 4.73. The quantitative estimate of drug-likeness (QED) is 0.542. The molecule has 1 aliphatic heterocycles. The molecule has 0 fully saturated rings. The first-order valence-corrected chi connectivity index (χ1v) is 9.16. The van der Waals surface area contributed by atoms with Crippen LogP contribution in [-0.2, 0) is 11.2 Å². The van der Waals surface area contributed by atoms with Gasteiger partial charge in [-0.15, -0.1) is 0 Å². The van der Waals surface area contributed by atoms with Gasteiger partial charge in [0.25, 0.3) is 0 Å². The summed E-state index contributed by atoms with van der Waals surface area (Å²) in [5.41, 5.74) is 3.22. The number of nitrogens with zero attached hydrogens (tertiary/aromatic N) is 1. The zero-order valence-electron chi connectivity index (χ0n) is 15.8. The van der Waals surface area contributed by atoms with Crippen LogP contribution in [0.5, 0.6) is 5.75 Å². The van der Waals surface area contributed by atoms with Gasteiger partial charge in [-0.05, 0) is 29.7 Å². The third-order valence-corrected chi connectivity index (χ3v) is 4.73. The molecule has 6 heteroatoms. The van der Waals surface area contributed by atoms with E-state index in [0.717, 1.165) is 41.5 Å². The number of aliphatic imine (C=N–C) groups is 1. The van der Waals surface area contributed by atoms with Crippen molar-refractivity contribution in [3.05, 3.63) is 59.7 Å². The lowest BCUT2D eigenvalue weighted by Crippen LogP contribution is -2.41. The Morgan fingerprint density at radius 3 is 2.78 bits per heavy atom. The fourth-order valence-electron chi connectivity index (χ4n) is 3.35. The zero-order valence-corrected chi connectivity index (χ0v) is 15.8. The average molecular weight is 366 g/mol. The lowest BCUT2D eigenvalue weighted by atomic mass is 9.90. The first-order chi connectivity index (χ1) is 13.2. The molecule has 0 radical (unpaired) electrons. The smallest absolute Gasteiger partial charge is 0.225 e. The fourth-order valence-corrected chi connectivity index (χ4v) is 3.35. The van der Waals surface area contributed by atoms with Crippen molar-refractivity contribution in [3.8, 4) is 5.75 Å². The summed E-state index contributed by atoms with van der Waals surface area (Å²) in [5, 5.41) is 9.60. The Hall–Kier alpha value is -3.02. The van der Waals surface area contributed by atoms with E-state index in [0.29, 0.717) is 13.0 Å². The molecule has 1 amide bonds. The van der Waals surface area contributed by atoms with Gasteiger partial charge >= 0.3 is 0 Å². The summed E-state index contributed by atoms with van der Waals surface area (Å²) >= 11 is 0. The van der Waals surface area contributed by atoms with E-state index >= 15 is 0 Å². The van der Waals surface area contributed by atoms with Crippen LogP contribution in [-0.4, -0.2) is 39.1 Å². The maximum atomic E-state index is 11.9. The number of amides is 1. The number of nitrogens with one attached hydrogen (secondary N) is 3. The Kier molecular flexibility index (Phi) is 6.30. The molecule has 3 rings (SSSR count). The summed E-state index contributed by atoms with van der Waals surface area (Å²) in [6.07, 6.45) is 1.31. The number of benzene rings is 2. The van der Waals surface area contributed by atoms with Crippen molar-refractivity contribution >= 4 is 17.6 Å². The van der Waals surface area contributed by atoms with Gasteiger partial charge in [0.1, 0.15) is 5.75 Å². The van der Waals surface area contributed by atoms with Crippen LogP contribution in [0.3, 0.4) is 0 Å². The first kappa shape index (κ1) is 18.8. The standard InChI is InChI=1S/C21H26N4O2/c1-22-21(23-12-11-15-7-3-6-10-19(15)27-2)24-14-16-13-20(26)25-18-9-5-4-8-17(16)18/h3-10,16H,11-14H2,1-2H3,(H,25,26)(H2,22,23,24). The third kappa shape index (κ3) is 4.78. The fraction of sp³-hybridized carbons (Fsp3) is 0.333. The highest BCUT2D eigenvalue weighted by Crippen LogP contribution is 2.31. The molecule has 0 saturated carbocycles. The minimum absolute atomic E-state index is 0.0552. The SMILES string of the molecule is CN=C(NCCc1ccccc1OC)NCC1CC(=O)Nc2ccccc21. The molecule has 1 aliphatic rings. The van der Waals surface area contributed by atoms with Gasteiger partial charge in [0.05, 0.1) is 7.11 Å². The minimum atomic E-state index is 0.0552. The molecule has 3 N–H and O–H groups in total. The van der Waals surface area contributed by atoms with Crippen molar-refractivity contribution in [1.82, 2.24) is 10.6 Å². The van der Waals surface area contributed by atoms with Crippen LogP contribution < -0.4 is 20.7 Å². The van der Waals surface area contributed by atoms with Crippen LogP contribution in [0.1, 0.15) is 23.5 Å². The number of hydrogen-bond acceptors (Lipinski definition) is 3. The maximum absolute atomic E-state index is 11.9. The zero-order chi connectivity index (χ0) is 19.1. The number of ether oxygens (including phenoxy) is 1. The van der Waals surface area contributed by atoms with Gasteiger partial charge in [0, 0.05) is 38.2 Å². The van der Waals surface area contributed by atoms with E-state index in [-0.39, 0.29) is 11.8 Å². The Bertz CT molecular complexity index is 819. The number of guanidine groups is 1. The van der Waals surface area contributed by atoms with E-state index in [4.69, 9.17) is 4.74 Å². The van der Waals surface area contributed by atoms with Crippen LogP contribution in [0.4, 0.5) is 5.69 Å². The number of rotatable bonds is 6. The summed E-state index contributed by atoms with van der Waals surface area (Å²) in [6.45, 7) is 1.39. The molecular weight excluding hydrogens is 340 g/mol. The molecule has 0 saturated heterocycles. The van der Waals surface area contributed by atoms with E-state index in [1.807, 2.05) is 36.4 Å². The van der Waals surface area contributed by atoms with Gasteiger partial charge in [0.15, 0.2) is 5.96 Å². The number of para-hydroxylation sites is 2. The topological polar surface area (TPSA) is 74.8 Å². The molecule has 2 aromatic rings. The molecule has 6 nitrogen and oxygen atoms in total. The monoisotopic (exact) mass is 366 g/mol. The van der Waals surface area contributed by atoms with Crippen molar-refractivity contribution in [2.45, 2.75) is 18.8 Å². The van der Waals surface area contributed by atoms with Crippen molar-refractivity contribution in [1.29, 1.82) is 0 Å². The van der Waals surface area contributed by atoms with Crippen LogP contribution in [0, 0.1) is 0 Å². The van der Waals surface area contributed by atoms with Crippen molar-refractivity contribution in [2.75, 3.05) is 32.6 Å². The number of methoxy groups -OCH3 is 1. The Morgan fingerprint density at radius 1 is 1.19 bits per heavy atom. The molecule has 0 spiro atoms. The molecule has 0 aromatic heterocycles. The number of fused-ring (bicyclic) bond motifs is 1. The van der Waals surface area contributed by atoms with Crippen molar-refractivity contribution in [3.63, 3.8) is 0 Å². The predicted octanol–water partition coefficient (Wildman–Crippen LogP) is 2.53. The normalized spacial score (nSPS) is 16.3. The number of carbonyl (C=O) groups excluding carboxylic acids is 1. The second-order valence-corrected chi connectivity index (χ2v) is 6.48. The molecule has 1 atom stereocenters. The first-order valence-electron chi connectivity index (χ1n) is 9.16. The van der Waals surface area contributed by atoms with E-state index in [9.17, 15) is 4.79 Å². The van der Waals surface area contributed by atoms with Gasteiger partial charge < -0.3 is 20.7 Å². The van der Waals surface area contributed by atoms with Crippen LogP contribution in [0.15, 0.2) is 53.5 Å². The molecular formula is C21H26N4O2. The molecule has 0 aliphatic carbocycles. The van der Waals surface area contributed by atoms with Gasteiger partial charge in [-0.3, -0.25) is 9.79 Å². The number of anilines is 1. The second-order valence-electron chi connectivity index (χ2n) is 6.48. The summed E-state index contributed by atoms with van der Waals surface area (Å²) in [6, 6.07) is 16.0. The molecule has 0 bridgehead atoms. The molecule has 142 valence electrons. The van der Waals surface area contributed by atoms with E-state index in [2.05, 4.69) is 33.1 Å². The molecule has 2 aromatic carbocycles.